The Morgan fingerprint density at radius 1 is 1.18 bits per heavy atom. The van der Waals surface area contributed by atoms with Crippen molar-refractivity contribution in [2.24, 2.45) is 5.73 Å². The molecule has 0 fully saturated rings. The summed E-state index contributed by atoms with van der Waals surface area (Å²) in [6, 6.07) is 6.41. The molecule has 9 nitrogen and oxygen atoms in total. The Bertz CT molecular complexity index is 1660. The number of primary amides is 1. The van der Waals surface area contributed by atoms with Crippen molar-refractivity contribution in [3.05, 3.63) is 77.2 Å². The number of rotatable bonds is 6. The van der Waals surface area contributed by atoms with E-state index in [1.54, 1.807) is 0 Å². The number of H-pyrrole nitrogens is 1. The number of hydrogen-bond acceptors (Lipinski definition) is 6. The van der Waals surface area contributed by atoms with Crippen LogP contribution in [0.25, 0.3) is 22.3 Å². The van der Waals surface area contributed by atoms with Gasteiger partial charge in [0.1, 0.15) is 40.7 Å². The lowest BCUT2D eigenvalue weighted by atomic mass is 9.81. The number of nitrogens with one attached hydrogen (secondary N) is 2. The Hall–Kier alpha value is -4.59. The van der Waals surface area contributed by atoms with Crippen molar-refractivity contribution < 1.29 is 41.4 Å². The second-order valence-electron chi connectivity index (χ2n) is 9.52. The number of nitrogens with zero attached hydrogens (tertiary/aromatic N) is 2. The molecule has 0 spiro atoms. The van der Waals surface area contributed by atoms with Crippen molar-refractivity contribution in [1.82, 2.24) is 20.3 Å². The molecular weight excluding hydrogens is 541 g/mol. The van der Waals surface area contributed by atoms with Gasteiger partial charge in [-0.1, -0.05) is 0 Å². The van der Waals surface area contributed by atoms with Crippen molar-refractivity contribution in [3.8, 4) is 17.0 Å². The van der Waals surface area contributed by atoms with Crippen LogP contribution in [0, 0.1) is 11.6 Å². The summed E-state index contributed by atoms with van der Waals surface area (Å²) < 4.78 is 76.4. The van der Waals surface area contributed by atoms with Crippen LogP contribution in [-0.2, 0) is 15.8 Å². The number of benzene rings is 1. The third-order valence-electron chi connectivity index (χ3n) is 6.87. The second kappa shape index (κ2) is 9.26. The molecule has 2 atom stereocenters. The highest BCUT2D eigenvalue weighted by Crippen LogP contribution is 2.47. The zero-order valence-corrected chi connectivity index (χ0v) is 20.6. The minimum Gasteiger partial charge on any atom is -0.489 e. The summed E-state index contributed by atoms with van der Waals surface area (Å²) in [7, 11) is 0. The van der Waals surface area contributed by atoms with Crippen LogP contribution in [0.5, 0.6) is 5.75 Å². The SMILES string of the molecule is C[C@]1(C(N)=O)COc2c1cc([C@@](O)(CNC(=O)c1c[nH]c3ncc(F)cc13)C(F)(F)F)nc2-c1ccc(F)cc1. The van der Waals surface area contributed by atoms with E-state index in [1.807, 2.05) is 5.32 Å². The molecule has 14 heteroatoms. The Balaban J connectivity index is 1.60. The van der Waals surface area contributed by atoms with Gasteiger partial charge in [-0.15, -0.1) is 0 Å². The third kappa shape index (κ3) is 4.29. The first kappa shape index (κ1) is 27.0. The first-order chi connectivity index (χ1) is 18.7. The highest BCUT2D eigenvalue weighted by Gasteiger charge is 2.57. The van der Waals surface area contributed by atoms with Gasteiger partial charge in [0, 0.05) is 22.7 Å². The summed E-state index contributed by atoms with van der Waals surface area (Å²) in [5.74, 6) is -3.42. The number of nitrogens with two attached hydrogens (primary N) is 1. The van der Waals surface area contributed by atoms with Crippen molar-refractivity contribution >= 4 is 22.8 Å². The average Bonchev–Trinajstić information content (AvgIpc) is 3.48. The van der Waals surface area contributed by atoms with Gasteiger partial charge in [0.25, 0.3) is 5.91 Å². The minimum absolute atomic E-state index is 0.0108. The van der Waals surface area contributed by atoms with E-state index in [4.69, 9.17) is 10.5 Å². The third-order valence-corrected chi connectivity index (χ3v) is 6.87. The predicted molar refractivity (Wildman–Crippen MR) is 130 cm³/mol. The number of alkyl halides is 3. The van der Waals surface area contributed by atoms with Gasteiger partial charge in [-0.2, -0.15) is 13.2 Å². The molecule has 208 valence electrons. The Labute approximate surface area is 222 Å². The van der Waals surface area contributed by atoms with Crippen molar-refractivity contribution in [2.75, 3.05) is 13.2 Å². The number of aromatic nitrogens is 3. The predicted octanol–water partition coefficient (Wildman–Crippen LogP) is 3.22. The lowest BCUT2D eigenvalue weighted by molar-refractivity contribution is -0.265. The first-order valence-electron chi connectivity index (χ1n) is 11.7. The van der Waals surface area contributed by atoms with E-state index in [-0.39, 0.29) is 45.8 Å². The summed E-state index contributed by atoms with van der Waals surface area (Å²) in [6.45, 7) is -0.366. The molecule has 4 heterocycles. The van der Waals surface area contributed by atoms with E-state index in [2.05, 4.69) is 15.0 Å². The summed E-state index contributed by atoms with van der Waals surface area (Å²) in [4.78, 5) is 35.5. The summed E-state index contributed by atoms with van der Waals surface area (Å²) in [6.07, 6.45) is -3.36. The van der Waals surface area contributed by atoms with Crippen LogP contribution in [0.3, 0.4) is 0 Å². The largest absolute Gasteiger partial charge is 0.489 e. The van der Waals surface area contributed by atoms with Gasteiger partial charge in [0.2, 0.25) is 11.5 Å². The van der Waals surface area contributed by atoms with E-state index >= 15 is 0 Å². The maximum absolute atomic E-state index is 14.5. The summed E-state index contributed by atoms with van der Waals surface area (Å²) >= 11 is 0. The number of amides is 2. The summed E-state index contributed by atoms with van der Waals surface area (Å²) in [5, 5.41) is 13.1. The van der Waals surface area contributed by atoms with Gasteiger partial charge < -0.3 is 25.9 Å². The fourth-order valence-electron chi connectivity index (χ4n) is 4.41. The monoisotopic (exact) mass is 561 g/mol. The molecule has 4 aromatic rings. The number of aliphatic hydroxyl groups is 1. The van der Waals surface area contributed by atoms with E-state index in [1.165, 1.54) is 19.1 Å². The van der Waals surface area contributed by atoms with Crippen LogP contribution in [0.15, 0.2) is 48.8 Å². The number of fused-ring (bicyclic) bond motifs is 2. The highest BCUT2D eigenvalue weighted by molar-refractivity contribution is 6.05. The average molecular weight is 561 g/mol. The van der Waals surface area contributed by atoms with Gasteiger partial charge in [0.05, 0.1) is 24.0 Å². The van der Waals surface area contributed by atoms with Crippen LogP contribution < -0.4 is 15.8 Å². The maximum atomic E-state index is 14.5. The molecule has 5 rings (SSSR count). The van der Waals surface area contributed by atoms with E-state index in [0.717, 1.165) is 36.7 Å². The number of ether oxygens (including phenoxy) is 1. The second-order valence-corrected chi connectivity index (χ2v) is 9.52. The van der Waals surface area contributed by atoms with Gasteiger partial charge >= 0.3 is 6.18 Å². The van der Waals surface area contributed by atoms with E-state index < -0.39 is 52.9 Å². The molecule has 1 aliphatic heterocycles. The quantitative estimate of drug-likeness (QED) is 0.266. The Kier molecular flexibility index (Phi) is 6.25. The number of pyridine rings is 2. The van der Waals surface area contributed by atoms with Crippen LogP contribution in [0.1, 0.15) is 28.5 Å². The zero-order valence-electron chi connectivity index (χ0n) is 20.6. The molecule has 0 aliphatic carbocycles. The van der Waals surface area contributed by atoms with Crippen molar-refractivity contribution in [3.63, 3.8) is 0 Å². The van der Waals surface area contributed by atoms with Crippen molar-refractivity contribution in [2.45, 2.75) is 24.1 Å². The van der Waals surface area contributed by atoms with Crippen LogP contribution in [-0.4, -0.2) is 51.2 Å². The number of halogens is 5. The molecule has 0 saturated heterocycles. The Morgan fingerprint density at radius 3 is 2.52 bits per heavy atom. The first-order valence-corrected chi connectivity index (χ1v) is 11.7. The number of carbonyl (C=O) groups is 2. The maximum Gasteiger partial charge on any atom is 0.424 e. The minimum atomic E-state index is -5.39. The molecule has 1 aromatic carbocycles. The molecule has 40 heavy (non-hydrogen) atoms. The lowest BCUT2D eigenvalue weighted by Gasteiger charge is -2.31. The topological polar surface area (TPSA) is 143 Å². The Morgan fingerprint density at radius 2 is 1.88 bits per heavy atom. The molecule has 0 saturated carbocycles. The van der Waals surface area contributed by atoms with E-state index in [0.29, 0.717) is 0 Å². The normalized spacial score (nSPS) is 18.2. The van der Waals surface area contributed by atoms with Gasteiger partial charge in [-0.05, 0) is 43.3 Å². The molecule has 5 N–H and O–H groups in total. The molecule has 3 aromatic heterocycles. The highest BCUT2D eigenvalue weighted by atomic mass is 19.4. The smallest absolute Gasteiger partial charge is 0.424 e. The van der Waals surface area contributed by atoms with Crippen LogP contribution in [0.4, 0.5) is 22.0 Å². The standard InChI is InChI=1S/C26H20F5N5O4/c1-24(23(32)38)11-40-20-17(24)7-18(36-19(20)12-2-4-13(27)5-3-12)25(39,26(29,30)31)10-35-22(37)16-9-34-21-15(16)6-14(28)8-33-21/h2-9,39H,10-11H2,1H3,(H2,32,38)(H,33,34)(H,35,37)/t24-,25-/m0/s1. The number of carbonyl (C=O) groups excluding carboxylic acids is 2. The van der Waals surface area contributed by atoms with Gasteiger partial charge in [-0.25, -0.2) is 18.7 Å². The van der Waals surface area contributed by atoms with Crippen molar-refractivity contribution in [1.29, 1.82) is 0 Å². The summed E-state index contributed by atoms with van der Waals surface area (Å²) in [5.41, 5.74) is -1.02. The molecule has 0 unspecified atom stereocenters. The van der Waals surface area contributed by atoms with E-state index in [9.17, 15) is 36.6 Å². The molecular formula is C26H20F5N5O4. The van der Waals surface area contributed by atoms with Crippen LogP contribution in [0.2, 0.25) is 0 Å². The molecule has 2 amide bonds. The molecule has 1 aliphatic rings. The lowest BCUT2D eigenvalue weighted by Crippen LogP contribution is -2.51. The zero-order chi connectivity index (χ0) is 29.0. The fraction of sp³-hybridized carbons (Fsp3) is 0.231. The number of hydrogen-bond donors (Lipinski definition) is 4. The van der Waals surface area contributed by atoms with Gasteiger partial charge in [-0.3, -0.25) is 9.59 Å². The number of aromatic amines is 1. The van der Waals surface area contributed by atoms with Gasteiger partial charge in [0.15, 0.2) is 0 Å². The molecule has 0 radical (unpaired) electrons. The molecule has 0 bridgehead atoms. The van der Waals surface area contributed by atoms with Crippen LogP contribution >= 0.6 is 0 Å². The fourth-order valence-corrected chi connectivity index (χ4v) is 4.41.